The van der Waals surface area contributed by atoms with Crippen LogP contribution >= 0.6 is 0 Å². The first-order chi connectivity index (χ1) is 8.00. The summed E-state index contributed by atoms with van der Waals surface area (Å²) >= 11 is 0. The normalized spacial score (nSPS) is 14.4. The van der Waals surface area contributed by atoms with Crippen LogP contribution in [0.3, 0.4) is 0 Å². The fraction of sp³-hybridized carbons (Fsp3) is 0.273. The highest BCUT2D eigenvalue weighted by molar-refractivity contribution is 6.08. The summed E-state index contributed by atoms with van der Waals surface area (Å²) in [6, 6.07) is 3.98. The summed E-state index contributed by atoms with van der Waals surface area (Å²) in [5.41, 5.74) is 0.572. The molecule has 0 saturated heterocycles. The van der Waals surface area contributed by atoms with Crippen LogP contribution in [0.5, 0.6) is 0 Å². The number of Topliss-reactive ketones (excluding diaryl/α,β-unsaturated/α-hetero) is 1. The predicted molar refractivity (Wildman–Crippen MR) is 60.1 cm³/mol. The largest absolute Gasteiger partial charge is 0.311 e. The van der Waals surface area contributed by atoms with E-state index in [0.717, 1.165) is 0 Å². The second-order valence-corrected chi connectivity index (χ2v) is 3.80. The summed E-state index contributed by atoms with van der Waals surface area (Å²) in [5.74, 6) is -0.339. The number of non-ortho nitro benzene ring substituents is 1. The lowest BCUT2D eigenvalue weighted by molar-refractivity contribution is -0.384. The van der Waals surface area contributed by atoms with Crippen molar-refractivity contribution in [3.63, 3.8) is 0 Å². The molecule has 17 heavy (non-hydrogen) atoms. The van der Waals surface area contributed by atoms with Gasteiger partial charge in [0.2, 0.25) is 5.91 Å². The number of benzene rings is 1. The molecule has 1 heterocycles. The average molecular weight is 234 g/mol. The van der Waals surface area contributed by atoms with Crippen LogP contribution in [0.25, 0.3) is 0 Å². The lowest BCUT2D eigenvalue weighted by Gasteiger charge is -2.27. The number of rotatable bonds is 1. The number of amides is 1. The topological polar surface area (TPSA) is 80.5 Å². The quantitative estimate of drug-likeness (QED) is 0.545. The van der Waals surface area contributed by atoms with Gasteiger partial charge in [-0.3, -0.25) is 19.7 Å². The smallest absolute Gasteiger partial charge is 0.270 e. The number of carbonyl (C=O) groups is 2. The SMILES string of the molecule is CC(=O)N1CCC(=O)c2cc([N+](=O)[O-])ccc21. The van der Waals surface area contributed by atoms with E-state index >= 15 is 0 Å². The summed E-state index contributed by atoms with van der Waals surface area (Å²) < 4.78 is 0. The van der Waals surface area contributed by atoms with Crippen molar-refractivity contribution in [3.8, 4) is 0 Å². The van der Waals surface area contributed by atoms with Crippen LogP contribution in [-0.4, -0.2) is 23.2 Å². The number of nitro benzene ring substituents is 1. The molecular formula is C11H10N2O4. The zero-order chi connectivity index (χ0) is 12.6. The second-order valence-electron chi connectivity index (χ2n) is 3.80. The third-order valence-electron chi connectivity index (χ3n) is 2.72. The lowest BCUT2D eigenvalue weighted by atomic mass is 9.99. The summed E-state index contributed by atoms with van der Waals surface area (Å²) in [5, 5.41) is 10.6. The number of ketones is 1. The molecule has 0 unspecified atom stereocenters. The van der Waals surface area contributed by atoms with Gasteiger partial charge in [-0.05, 0) is 6.07 Å². The molecule has 0 fully saturated rings. The highest BCUT2D eigenvalue weighted by Crippen LogP contribution is 2.30. The molecule has 0 radical (unpaired) electrons. The van der Waals surface area contributed by atoms with Gasteiger partial charge in [-0.15, -0.1) is 0 Å². The second kappa shape index (κ2) is 3.97. The van der Waals surface area contributed by atoms with E-state index < -0.39 is 4.92 Å². The van der Waals surface area contributed by atoms with Crippen molar-refractivity contribution in [3.05, 3.63) is 33.9 Å². The van der Waals surface area contributed by atoms with E-state index in [1.54, 1.807) is 0 Å². The summed E-state index contributed by atoms with van der Waals surface area (Å²) in [4.78, 5) is 34.6. The first-order valence-electron chi connectivity index (χ1n) is 5.10. The Morgan fingerprint density at radius 1 is 1.47 bits per heavy atom. The maximum Gasteiger partial charge on any atom is 0.270 e. The van der Waals surface area contributed by atoms with Gasteiger partial charge >= 0.3 is 0 Å². The molecule has 6 heteroatoms. The average Bonchev–Trinajstić information content (AvgIpc) is 2.28. The number of nitro groups is 1. The maximum atomic E-state index is 11.7. The standard InChI is InChI=1S/C11H10N2O4/c1-7(14)12-5-4-11(15)9-6-8(13(16)17)2-3-10(9)12/h2-3,6H,4-5H2,1H3. The van der Waals surface area contributed by atoms with Crippen molar-refractivity contribution in [2.45, 2.75) is 13.3 Å². The van der Waals surface area contributed by atoms with Gasteiger partial charge in [0.25, 0.3) is 5.69 Å². The van der Waals surface area contributed by atoms with Crippen molar-refractivity contribution in [2.75, 3.05) is 11.4 Å². The summed E-state index contributed by atoms with van der Waals surface area (Å²) in [7, 11) is 0. The molecule has 0 aromatic heterocycles. The molecule has 0 N–H and O–H groups in total. The fourth-order valence-electron chi connectivity index (χ4n) is 1.89. The van der Waals surface area contributed by atoms with Crippen LogP contribution in [0.4, 0.5) is 11.4 Å². The van der Waals surface area contributed by atoms with E-state index in [-0.39, 0.29) is 29.4 Å². The van der Waals surface area contributed by atoms with E-state index in [4.69, 9.17) is 0 Å². The fourth-order valence-corrected chi connectivity index (χ4v) is 1.89. The Morgan fingerprint density at radius 3 is 2.76 bits per heavy atom. The molecule has 1 aliphatic heterocycles. The van der Waals surface area contributed by atoms with Crippen molar-refractivity contribution in [1.82, 2.24) is 0 Å². The molecule has 1 amide bonds. The molecule has 0 spiro atoms. The van der Waals surface area contributed by atoms with Gasteiger partial charge in [0.05, 0.1) is 10.6 Å². The zero-order valence-corrected chi connectivity index (χ0v) is 9.17. The van der Waals surface area contributed by atoms with E-state index in [1.165, 1.54) is 30.0 Å². The van der Waals surface area contributed by atoms with Gasteiger partial charge in [-0.25, -0.2) is 0 Å². The van der Waals surface area contributed by atoms with E-state index in [0.29, 0.717) is 12.2 Å². The van der Waals surface area contributed by atoms with Gasteiger partial charge < -0.3 is 4.90 Å². The minimum Gasteiger partial charge on any atom is -0.311 e. The zero-order valence-electron chi connectivity index (χ0n) is 9.17. The first kappa shape index (κ1) is 11.3. The van der Waals surface area contributed by atoms with Crippen LogP contribution in [0.15, 0.2) is 18.2 Å². The van der Waals surface area contributed by atoms with E-state index in [1.807, 2.05) is 0 Å². The molecular weight excluding hydrogens is 224 g/mol. The van der Waals surface area contributed by atoms with Crippen LogP contribution in [0, 0.1) is 10.1 Å². The molecule has 1 aromatic rings. The number of hydrogen-bond acceptors (Lipinski definition) is 4. The van der Waals surface area contributed by atoms with Crippen LogP contribution in [-0.2, 0) is 4.79 Å². The summed E-state index contributed by atoms with van der Waals surface area (Å²) in [6.07, 6.45) is 0.202. The summed E-state index contributed by atoms with van der Waals surface area (Å²) in [6.45, 7) is 1.74. The molecule has 1 aromatic carbocycles. The minimum atomic E-state index is -0.555. The molecule has 1 aliphatic rings. The molecule has 6 nitrogen and oxygen atoms in total. The molecule has 0 atom stereocenters. The van der Waals surface area contributed by atoms with Gasteiger partial charge in [0.15, 0.2) is 5.78 Å². The Morgan fingerprint density at radius 2 is 2.18 bits per heavy atom. The lowest BCUT2D eigenvalue weighted by Crippen LogP contribution is -2.35. The Hall–Kier alpha value is -2.24. The number of fused-ring (bicyclic) bond motifs is 1. The first-order valence-corrected chi connectivity index (χ1v) is 5.10. The van der Waals surface area contributed by atoms with Gasteiger partial charge in [-0.2, -0.15) is 0 Å². The van der Waals surface area contributed by atoms with Crippen LogP contribution in [0.1, 0.15) is 23.7 Å². The number of anilines is 1. The Kier molecular flexibility index (Phi) is 2.63. The minimum absolute atomic E-state index is 0.137. The highest BCUT2D eigenvalue weighted by Gasteiger charge is 2.27. The van der Waals surface area contributed by atoms with Gasteiger partial charge in [0, 0.05) is 37.6 Å². The Bertz CT molecular complexity index is 524. The van der Waals surface area contributed by atoms with Gasteiger partial charge in [0.1, 0.15) is 0 Å². The van der Waals surface area contributed by atoms with Crippen molar-refractivity contribution in [2.24, 2.45) is 0 Å². The van der Waals surface area contributed by atoms with E-state index in [9.17, 15) is 19.7 Å². The van der Waals surface area contributed by atoms with E-state index in [2.05, 4.69) is 0 Å². The van der Waals surface area contributed by atoms with Gasteiger partial charge in [-0.1, -0.05) is 0 Å². The third kappa shape index (κ3) is 1.89. The molecule has 0 aliphatic carbocycles. The van der Waals surface area contributed by atoms with Crippen molar-refractivity contribution >= 4 is 23.1 Å². The molecule has 0 bridgehead atoms. The molecule has 88 valence electrons. The highest BCUT2D eigenvalue weighted by atomic mass is 16.6. The number of nitrogens with zero attached hydrogens (tertiary/aromatic N) is 2. The van der Waals surface area contributed by atoms with Crippen molar-refractivity contribution in [1.29, 1.82) is 0 Å². The van der Waals surface area contributed by atoms with Crippen molar-refractivity contribution < 1.29 is 14.5 Å². The monoisotopic (exact) mass is 234 g/mol. The predicted octanol–water partition coefficient (Wildman–Crippen LogP) is 1.53. The Balaban J connectivity index is 2.55. The maximum absolute atomic E-state index is 11.7. The Labute approximate surface area is 97.0 Å². The number of carbonyl (C=O) groups excluding carboxylic acids is 2. The third-order valence-corrected chi connectivity index (χ3v) is 2.72. The number of hydrogen-bond donors (Lipinski definition) is 0. The molecule has 0 saturated carbocycles. The van der Waals surface area contributed by atoms with Crippen LogP contribution in [0.2, 0.25) is 0 Å². The molecule has 2 rings (SSSR count). The van der Waals surface area contributed by atoms with Crippen LogP contribution < -0.4 is 4.90 Å².